The maximum atomic E-state index is 11.7. The fourth-order valence-corrected chi connectivity index (χ4v) is 3.67. The number of hydrogen-bond acceptors (Lipinski definition) is 8. The van der Waals surface area contributed by atoms with Gasteiger partial charge in [-0.1, -0.05) is 11.6 Å². The quantitative estimate of drug-likeness (QED) is 0.161. The highest BCUT2D eigenvalue weighted by atomic mass is 35.5. The fourth-order valence-electron chi connectivity index (χ4n) is 3.29. The van der Waals surface area contributed by atoms with Crippen molar-refractivity contribution in [1.29, 1.82) is 0 Å². The van der Waals surface area contributed by atoms with Crippen LogP contribution in [0.3, 0.4) is 0 Å². The maximum Gasteiger partial charge on any atom is 0.353 e. The van der Waals surface area contributed by atoms with E-state index in [2.05, 4.69) is 20.1 Å². The van der Waals surface area contributed by atoms with Crippen LogP contribution < -0.4 is 9.47 Å². The first-order chi connectivity index (χ1) is 15.4. The Morgan fingerprint density at radius 2 is 2.06 bits per heavy atom. The van der Waals surface area contributed by atoms with Crippen LogP contribution in [0.25, 0.3) is 16.7 Å². The highest BCUT2D eigenvalue weighted by Crippen LogP contribution is 2.33. The van der Waals surface area contributed by atoms with Gasteiger partial charge < -0.3 is 14.0 Å². The molecule has 0 radical (unpaired) electrons. The topological polar surface area (TPSA) is 123 Å². The molecule has 0 aromatic carbocycles. The minimum absolute atomic E-state index is 0.0841. The molecule has 0 unspecified atom stereocenters. The van der Waals surface area contributed by atoms with E-state index >= 15 is 0 Å². The lowest BCUT2D eigenvalue weighted by molar-refractivity contribution is -0.386. The van der Waals surface area contributed by atoms with Crippen LogP contribution in [-0.4, -0.2) is 47.9 Å². The predicted molar refractivity (Wildman–Crippen MR) is 117 cm³/mol. The number of nitro groups is 1. The van der Waals surface area contributed by atoms with Crippen molar-refractivity contribution < 1.29 is 14.4 Å². The van der Waals surface area contributed by atoms with Crippen LogP contribution in [0.5, 0.6) is 11.8 Å². The number of halogens is 2. The first-order valence-corrected chi connectivity index (χ1v) is 10.2. The van der Waals surface area contributed by atoms with Gasteiger partial charge in [0, 0.05) is 25.1 Å². The Morgan fingerprint density at radius 3 is 2.81 bits per heavy atom. The van der Waals surface area contributed by atoms with E-state index < -0.39 is 4.92 Å². The summed E-state index contributed by atoms with van der Waals surface area (Å²) >= 11 is 12.1. The zero-order valence-corrected chi connectivity index (χ0v) is 18.5. The lowest BCUT2D eigenvalue weighted by atomic mass is 10.3. The van der Waals surface area contributed by atoms with Crippen molar-refractivity contribution in [3.05, 3.63) is 56.8 Å². The molecule has 4 heterocycles. The minimum Gasteiger partial charge on any atom is -0.479 e. The van der Waals surface area contributed by atoms with Gasteiger partial charge in [-0.25, -0.2) is 14.6 Å². The van der Waals surface area contributed by atoms with Crippen LogP contribution >= 0.6 is 23.2 Å². The molecule has 0 aliphatic heterocycles. The average molecular weight is 478 g/mol. The molecule has 0 atom stereocenters. The molecule has 0 spiro atoms. The van der Waals surface area contributed by atoms with Crippen molar-refractivity contribution >= 4 is 39.9 Å². The number of fused-ring (bicyclic) bond motifs is 1. The maximum absolute atomic E-state index is 11.7. The van der Waals surface area contributed by atoms with Crippen LogP contribution in [0, 0.1) is 17.0 Å². The molecule has 0 fully saturated rings. The number of ether oxygens (including phenoxy) is 2. The summed E-state index contributed by atoms with van der Waals surface area (Å²) in [6.07, 6.45) is 5.36. The second-order valence-corrected chi connectivity index (χ2v) is 7.43. The van der Waals surface area contributed by atoms with E-state index in [0.717, 1.165) is 0 Å². The van der Waals surface area contributed by atoms with Gasteiger partial charge in [0.05, 0.1) is 29.0 Å². The average Bonchev–Trinajstić information content (AvgIpc) is 3.27. The van der Waals surface area contributed by atoms with Gasteiger partial charge in [-0.15, -0.1) is 5.10 Å². The summed E-state index contributed by atoms with van der Waals surface area (Å²) in [7, 11) is 1.46. The minimum atomic E-state index is -0.519. The van der Waals surface area contributed by atoms with Crippen molar-refractivity contribution in [2.24, 2.45) is 0 Å². The Kier molecular flexibility index (Phi) is 6.10. The van der Waals surface area contributed by atoms with Gasteiger partial charge in [-0.05, 0) is 37.1 Å². The number of hydrogen-bond donors (Lipinski definition) is 0. The third-order valence-corrected chi connectivity index (χ3v) is 5.21. The van der Waals surface area contributed by atoms with Gasteiger partial charge in [0.2, 0.25) is 11.2 Å². The van der Waals surface area contributed by atoms with Crippen LogP contribution in [0.4, 0.5) is 5.69 Å². The Bertz CT molecular complexity index is 1300. The Balaban J connectivity index is 1.53. The molecule has 13 heteroatoms. The summed E-state index contributed by atoms with van der Waals surface area (Å²) in [5, 5.41) is 17.3. The molecule has 0 aliphatic carbocycles. The highest BCUT2D eigenvalue weighted by molar-refractivity contribution is 6.35. The number of pyridine rings is 1. The SMILES string of the molecule is COc1ncccc1-n1nc(OCCCn2cc(Cl)c3cnc(Cl)nc32)c([N+](=O)[O-])c1C. The third kappa shape index (κ3) is 4.04. The van der Waals surface area contributed by atoms with Crippen LogP contribution in [0.1, 0.15) is 12.1 Å². The molecule has 0 saturated heterocycles. The smallest absolute Gasteiger partial charge is 0.353 e. The van der Waals surface area contributed by atoms with Gasteiger partial charge in [0.25, 0.3) is 0 Å². The van der Waals surface area contributed by atoms with Crippen molar-refractivity contribution in [2.45, 2.75) is 19.9 Å². The molecule has 4 aromatic rings. The van der Waals surface area contributed by atoms with Gasteiger partial charge in [-0.2, -0.15) is 4.98 Å². The van der Waals surface area contributed by atoms with E-state index in [9.17, 15) is 10.1 Å². The molecular formula is C19H17Cl2N7O4. The van der Waals surface area contributed by atoms with E-state index in [1.807, 2.05) is 4.57 Å². The first-order valence-electron chi connectivity index (χ1n) is 9.43. The predicted octanol–water partition coefficient (Wildman–Crippen LogP) is 4.01. The highest BCUT2D eigenvalue weighted by Gasteiger charge is 2.28. The number of methoxy groups -OCH3 is 1. The Hall–Kier alpha value is -3.44. The zero-order valence-electron chi connectivity index (χ0n) is 17.0. The Morgan fingerprint density at radius 1 is 1.25 bits per heavy atom. The lowest BCUT2D eigenvalue weighted by Gasteiger charge is -2.07. The molecule has 4 aromatic heterocycles. The summed E-state index contributed by atoms with van der Waals surface area (Å²) < 4.78 is 14.1. The molecule has 11 nitrogen and oxygen atoms in total. The molecule has 0 amide bonds. The van der Waals surface area contributed by atoms with Crippen molar-refractivity contribution in [3.63, 3.8) is 0 Å². The van der Waals surface area contributed by atoms with E-state index in [4.69, 9.17) is 32.7 Å². The lowest BCUT2D eigenvalue weighted by Crippen LogP contribution is -2.06. The molecule has 0 saturated carbocycles. The molecule has 32 heavy (non-hydrogen) atoms. The Labute approximate surface area is 191 Å². The molecular weight excluding hydrogens is 461 g/mol. The summed E-state index contributed by atoms with van der Waals surface area (Å²) in [5.74, 6) is 0.204. The van der Waals surface area contributed by atoms with Crippen molar-refractivity contribution in [2.75, 3.05) is 13.7 Å². The largest absolute Gasteiger partial charge is 0.479 e. The molecule has 166 valence electrons. The van der Waals surface area contributed by atoms with Gasteiger partial charge in [0.15, 0.2) is 0 Å². The van der Waals surface area contributed by atoms with Crippen LogP contribution in [0.15, 0.2) is 30.7 Å². The monoisotopic (exact) mass is 477 g/mol. The second-order valence-electron chi connectivity index (χ2n) is 6.69. The van der Waals surface area contributed by atoms with E-state index in [1.165, 1.54) is 11.8 Å². The first kappa shape index (κ1) is 21.8. The van der Waals surface area contributed by atoms with Gasteiger partial charge in [-0.3, -0.25) is 10.1 Å². The molecule has 0 aliphatic rings. The van der Waals surface area contributed by atoms with Crippen molar-refractivity contribution in [1.82, 2.24) is 29.3 Å². The number of aryl methyl sites for hydroxylation is 1. The summed E-state index contributed by atoms with van der Waals surface area (Å²) in [5.41, 5.74) is 1.15. The standard InChI is InChI=1S/C19H17Cl2N7O4/c1-11-15(28(29)30)18(25-27(11)14-5-3-6-22-17(14)31-2)32-8-4-7-26-10-13(20)12-9-23-19(21)24-16(12)26/h3,5-6,9-10H,4,7-8H2,1-2H3. The fraction of sp³-hybridized carbons (Fsp3) is 0.263. The van der Waals surface area contributed by atoms with Crippen LogP contribution in [0.2, 0.25) is 10.3 Å². The van der Waals surface area contributed by atoms with E-state index in [0.29, 0.717) is 40.4 Å². The normalized spacial score (nSPS) is 11.1. The summed E-state index contributed by atoms with van der Waals surface area (Å²) in [4.78, 5) is 23.4. The number of rotatable bonds is 8. The molecule has 0 bridgehead atoms. The molecule has 4 rings (SSSR count). The molecule has 0 N–H and O–H groups in total. The van der Waals surface area contributed by atoms with E-state index in [-0.39, 0.29) is 29.3 Å². The zero-order chi connectivity index (χ0) is 22.8. The van der Waals surface area contributed by atoms with Crippen LogP contribution in [-0.2, 0) is 6.54 Å². The second kappa shape index (κ2) is 8.97. The van der Waals surface area contributed by atoms with E-state index in [1.54, 1.807) is 37.6 Å². The third-order valence-electron chi connectivity index (χ3n) is 4.73. The van der Waals surface area contributed by atoms with Gasteiger partial charge >= 0.3 is 11.6 Å². The number of aromatic nitrogens is 6. The van der Waals surface area contributed by atoms with Gasteiger partial charge in [0.1, 0.15) is 17.0 Å². The summed E-state index contributed by atoms with van der Waals surface area (Å²) in [6, 6.07) is 3.39. The number of nitrogens with zero attached hydrogens (tertiary/aromatic N) is 7. The summed E-state index contributed by atoms with van der Waals surface area (Å²) in [6.45, 7) is 2.26. The van der Waals surface area contributed by atoms with Crippen molar-refractivity contribution in [3.8, 4) is 17.4 Å².